The van der Waals surface area contributed by atoms with Gasteiger partial charge in [0.1, 0.15) is 36.5 Å². The smallest absolute Gasteiger partial charge is 0.274 e. The number of aliphatic hydroxyl groups is 1. The number of carbonyl (C=O) groups is 4. The average molecular weight is 523 g/mol. The predicted octanol–water partition coefficient (Wildman–Crippen LogP) is 1.46. The molecule has 38 heavy (non-hydrogen) atoms. The molecular formula is C27H30N4O7. The Bertz CT molecular complexity index is 1250. The van der Waals surface area contributed by atoms with Crippen molar-refractivity contribution in [3.63, 3.8) is 0 Å². The highest BCUT2D eigenvalue weighted by Crippen LogP contribution is 2.12. The van der Waals surface area contributed by atoms with Crippen molar-refractivity contribution in [1.29, 1.82) is 0 Å². The van der Waals surface area contributed by atoms with Gasteiger partial charge in [0.05, 0.1) is 6.10 Å². The van der Waals surface area contributed by atoms with Crippen molar-refractivity contribution in [2.45, 2.75) is 45.5 Å². The number of hydrogen-bond acceptors (Lipinski definition) is 8. The molecule has 0 unspecified atom stereocenters. The fourth-order valence-electron chi connectivity index (χ4n) is 3.38. The van der Waals surface area contributed by atoms with Crippen molar-refractivity contribution in [2.24, 2.45) is 0 Å². The van der Waals surface area contributed by atoms with E-state index in [9.17, 15) is 24.3 Å². The molecule has 3 aromatic rings. The van der Waals surface area contributed by atoms with Crippen molar-refractivity contribution in [3.8, 4) is 5.75 Å². The Balaban J connectivity index is 1.71. The molecule has 0 saturated carbocycles. The Morgan fingerprint density at radius 3 is 2.29 bits per heavy atom. The Morgan fingerprint density at radius 2 is 1.71 bits per heavy atom. The summed E-state index contributed by atoms with van der Waals surface area (Å²) in [5.41, 5.74) is 2.33. The molecule has 0 aliphatic rings. The van der Waals surface area contributed by atoms with Crippen LogP contribution in [0.25, 0.3) is 0 Å². The summed E-state index contributed by atoms with van der Waals surface area (Å²) in [4.78, 5) is 49.5. The van der Waals surface area contributed by atoms with Gasteiger partial charge in [0.25, 0.3) is 5.91 Å². The van der Waals surface area contributed by atoms with Crippen molar-refractivity contribution in [2.75, 3.05) is 6.61 Å². The molecule has 3 rings (SSSR count). The normalized spacial score (nSPS) is 13.1. The van der Waals surface area contributed by atoms with E-state index < -0.39 is 35.9 Å². The van der Waals surface area contributed by atoms with E-state index in [4.69, 9.17) is 9.26 Å². The highest BCUT2D eigenvalue weighted by Gasteiger charge is 2.31. The van der Waals surface area contributed by atoms with E-state index >= 15 is 0 Å². The first kappa shape index (κ1) is 28.1. The number of amides is 3. The van der Waals surface area contributed by atoms with Gasteiger partial charge < -0.3 is 30.3 Å². The fraction of sp³-hybridized carbons (Fsp3) is 0.296. The number of nitrogens with zero attached hydrogens (tertiary/aromatic N) is 1. The molecule has 0 bridgehead atoms. The van der Waals surface area contributed by atoms with Gasteiger partial charge in [0.2, 0.25) is 11.8 Å². The van der Waals surface area contributed by atoms with Crippen LogP contribution in [-0.4, -0.2) is 59.1 Å². The number of rotatable bonds is 12. The quantitative estimate of drug-likeness (QED) is 0.260. The summed E-state index contributed by atoms with van der Waals surface area (Å²) >= 11 is 0. The summed E-state index contributed by atoms with van der Waals surface area (Å²) < 4.78 is 10.6. The molecule has 0 radical (unpaired) electrons. The first-order chi connectivity index (χ1) is 18.2. The zero-order chi connectivity index (χ0) is 27.7. The molecule has 0 aliphatic heterocycles. The second-order valence-corrected chi connectivity index (χ2v) is 8.78. The topological polar surface area (TPSA) is 160 Å². The third kappa shape index (κ3) is 8.00. The number of ether oxygens (including phenoxy) is 1. The standard InChI is InChI=1S/C27H30N4O7/c1-16-4-6-19(7-5-16)13-28-25(34)23(15-37-21-10-8-20(14-32)9-11-21)29-27(36)24(18(3)33)30-26(35)22-12-17(2)38-31-22/h4-12,14,18,23-24,33H,13,15H2,1-3H3,(H,28,34)(H,29,36)(H,30,35)/t18-,23+,24+/m1/s1. The Labute approximate surface area is 219 Å². The molecule has 1 aromatic heterocycles. The summed E-state index contributed by atoms with van der Waals surface area (Å²) in [6.45, 7) is 4.84. The van der Waals surface area contributed by atoms with E-state index in [-0.39, 0.29) is 18.8 Å². The molecule has 0 aliphatic carbocycles. The van der Waals surface area contributed by atoms with E-state index in [1.165, 1.54) is 13.0 Å². The van der Waals surface area contributed by atoms with Crippen LogP contribution in [-0.2, 0) is 16.1 Å². The van der Waals surface area contributed by atoms with Crippen molar-refractivity contribution < 1.29 is 33.5 Å². The number of hydrogen-bond donors (Lipinski definition) is 4. The Kier molecular flexibility index (Phi) is 9.72. The van der Waals surface area contributed by atoms with Crippen LogP contribution in [0.4, 0.5) is 0 Å². The van der Waals surface area contributed by atoms with Crippen LogP contribution in [0.3, 0.4) is 0 Å². The van der Waals surface area contributed by atoms with Gasteiger partial charge in [-0.3, -0.25) is 19.2 Å². The molecule has 4 N–H and O–H groups in total. The lowest BCUT2D eigenvalue weighted by Gasteiger charge is -2.24. The first-order valence-corrected chi connectivity index (χ1v) is 11.9. The van der Waals surface area contributed by atoms with Gasteiger partial charge in [-0.25, -0.2) is 0 Å². The number of benzene rings is 2. The summed E-state index contributed by atoms with van der Waals surface area (Å²) in [5.74, 6) is -1.29. The van der Waals surface area contributed by atoms with Crippen LogP contribution in [0, 0.1) is 13.8 Å². The van der Waals surface area contributed by atoms with Crippen molar-refractivity contribution in [1.82, 2.24) is 21.1 Å². The lowest BCUT2D eigenvalue weighted by atomic mass is 10.1. The van der Waals surface area contributed by atoms with E-state index in [2.05, 4.69) is 21.1 Å². The third-order valence-corrected chi connectivity index (χ3v) is 5.57. The molecule has 0 saturated heterocycles. The zero-order valence-corrected chi connectivity index (χ0v) is 21.3. The summed E-state index contributed by atoms with van der Waals surface area (Å²) in [5, 5.41) is 21.5. The second kappa shape index (κ2) is 13.2. The van der Waals surface area contributed by atoms with Crippen LogP contribution in [0.1, 0.15) is 44.7 Å². The lowest BCUT2D eigenvalue weighted by molar-refractivity contribution is -0.132. The first-order valence-electron chi connectivity index (χ1n) is 11.9. The van der Waals surface area contributed by atoms with Crippen molar-refractivity contribution >= 4 is 24.0 Å². The summed E-state index contributed by atoms with van der Waals surface area (Å²) in [6, 6.07) is 12.6. The number of aromatic nitrogens is 1. The number of aldehydes is 1. The maximum absolute atomic E-state index is 13.1. The molecule has 11 nitrogen and oxygen atoms in total. The minimum absolute atomic E-state index is 0.0598. The third-order valence-electron chi connectivity index (χ3n) is 5.57. The highest BCUT2D eigenvalue weighted by molar-refractivity contribution is 5.97. The highest BCUT2D eigenvalue weighted by atomic mass is 16.5. The van der Waals surface area contributed by atoms with E-state index in [0.29, 0.717) is 23.4 Å². The second-order valence-electron chi connectivity index (χ2n) is 8.78. The van der Waals surface area contributed by atoms with Crippen LogP contribution >= 0.6 is 0 Å². The fourth-order valence-corrected chi connectivity index (χ4v) is 3.38. The van der Waals surface area contributed by atoms with Gasteiger partial charge in [0, 0.05) is 18.2 Å². The zero-order valence-electron chi connectivity index (χ0n) is 21.3. The van der Waals surface area contributed by atoms with Gasteiger partial charge >= 0.3 is 0 Å². The van der Waals surface area contributed by atoms with Gasteiger partial charge in [-0.05, 0) is 50.6 Å². The van der Waals surface area contributed by atoms with Crippen LogP contribution in [0.2, 0.25) is 0 Å². The molecule has 2 aromatic carbocycles. The minimum Gasteiger partial charge on any atom is -0.491 e. The number of aryl methyl sites for hydroxylation is 2. The van der Waals surface area contributed by atoms with Crippen LogP contribution in [0.5, 0.6) is 5.75 Å². The average Bonchev–Trinajstić information content (AvgIpc) is 3.35. The minimum atomic E-state index is -1.39. The molecule has 0 spiro atoms. The van der Waals surface area contributed by atoms with E-state index in [1.807, 2.05) is 31.2 Å². The SMILES string of the molecule is Cc1ccc(CNC(=O)[C@H](COc2ccc(C=O)cc2)NC(=O)[C@@H](NC(=O)c2cc(C)on2)[C@@H](C)O)cc1. The van der Waals surface area contributed by atoms with E-state index in [0.717, 1.165) is 11.1 Å². The Morgan fingerprint density at radius 1 is 1.03 bits per heavy atom. The van der Waals surface area contributed by atoms with E-state index in [1.54, 1.807) is 31.2 Å². The molecule has 1 heterocycles. The summed E-state index contributed by atoms with van der Waals surface area (Å²) in [7, 11) is 0. The lowest BCUT2D eigenvalue weighted by Crippen LogP contribution is -2.58. The number of nitrogens with one attached hydrogen (secondary N) is 3. The van der Waals surface area contributed by atoms with Gasteiger partial charge in [-0.2, -0.15) is 0 Å². The Hall–Kier alpha value is -4.51. The molecule has 3 atom stereocenters. The van der Waals surface area contributed by atoms with Crippen LogP contribution < -0.4 is 20.7 Å². The largest absolute Gasteiger partial charge is 0.491 e. The van der Waals surface area contributed by atoms with Gasteiger partial charge in [-0.1, -0.05) is 35.0 Å². The monoisotopic (exact) mass is 522 g/mol. The summed E-state index contributed by atoms with van der Waals surface area (Å²) in [6.07, 6.45) is -0.601. The molecule has 0 fully saturated rings. The molecule has 200 valence electrons. The number of aliphatic hydroxyl groups excluding tert-OH is 1. The maximum atomic E-state index is 13.1. The predicted molar refractivity (Wildman–Crippen MR) is 136 cm³/mol. The maximum Gasteiger partial charge on any atom is 0.274 e. The van der Waals surface area contributed by atoms with Gasteiger partial charge in [0.15, 0.2) is 5.69 Å². The molecule has 3 amide bonds. The van der Waals surface area contributed by atoms with Gasteiger partial charge in [-0.15, -0.1) is 0 Å². The number of carbonyl (C=O) groups excluding carboxylic acids is 4. The van der Waals surface area contributed by atoms with Crippen LogP contribution in [0.15, 0.2) is 59.1 Å². The molecular weight excluding hydrogens is 492 g/mol. The van der Waals surface area contributed by atoms with Crippen molar-refractivity contribution in [3.05, 3.63) is 82.7 Å². The molecule has 11 heteroatoms.